The molecular weight excluding hydrogens is 328 g/mol. The highest BCUT2D eigenvalue weighted by Gasteiger charge is 2.11. The van der Waals surface area contributed by atoms with Crippen molar-refractivity contribution in [1.29, 1.82) is 0 Å². The van der Waals surface area contributed by atoms with Crippen molar-refractivity contribution in [3.8, 4) is 5.75 Å². The van der Waals surface area contributed by atoms with Crippen LogP contribution in [0.1, 0.15) is 22.8 Å². The molecular formula is C15H12BrClO2. The number of rotatable bonds is 4. The van der Waals surface area contributed by atoms with Gasteiger partial charge < -0.3 is 4.74 Å². The topological polar surface area (TPSA) is 26.3 Å². The summed E-state index contributed by atoms with van der Waals surface area (Å²) in [5, 5.41) is 0.583. The normalized spacial score (nSPS) is 10.3. The molecule has 2 aromatic rings. The van der Waals surface area contributed by atoms with Crippen LogP contribution in [-0.4, -0.2) is 12.4 Å². The molecule has 0 heterocycles. The van der Waals surface area contributed by atoms with Crippen molar-refractivity contribution in [3.05, 3.63) is 63.1 Å². The van der Waals surface area contributed by atoms with E-state index in [0.717, 1.165) is 0 Å². The van der Waals surface area contributed by atoms with Crippen LogP contribution in [0.25, 0.3) is 0 Å². The van der Waals surface area contributed by atoms with Gasteiger partial charge in [0.2, 0.25) is 0 Å². The van der Waals surface area contributed by atoms with Crippen LogP contribution >= 0.6 is 27.5 Å². The molecule has 0 aliphatic rings. The van der Waals surface area contributed by atoms with E-state index < -0.39 is 0 Å². The minimum Gasteiger partial charge on any atom is -0.494 e. The van der Waals surface area contributed by atoms with Gasteiger partial charge in [0.15, 0.2) is 5.78 Å². The third-order valence-corrected chi connectivity index (χ3v) is 3.80. The molecule has 0 bridgehead atoms. The Labute approximate surface area is 125 Å². The van der Waals surface area contributed by atoms with Gasteiger partial charge in [-0.3, -0.25) is 4.79 Å². The van der Waals surface area contributed by atoms with Crippen molar-refractivity contribution >= 4 is 33.3 Å². The molecule has 0 atom stereocenters. The number of benzene rings is 2. The highest BCUT2D eigenvalue weighted by molar-refractivity contribution is 9.10. The van der Waals surface area contributed by atoms with Crippen LogP contribution in [0.2, 0.25) is 5.02 Å². The Morgan fingerprint density at radius 2 is 1.95 bits per heavy atom. The minimum atomic E-state index is -0.0566. The van der Waals surface area contributed by atoms with E-state index in [1.807, 2.05) is 19.1 Å². The van der Waals surface area contributed by atoms with Gasteiger partial charge in [0, 0.05) is 15.6 Å². The van der Waals surface area contributed by atoms with Crippen molar-refractivity contribution in [2.24, 2.45) is 0 Å². The SMILES string of the molecule is CCOc1cccc(C(=O)c2ccc(Cl)c(Br)c2)c1. The van der Waals surface area contributed by atoms with Crippen LogP contribution in [0, 0.1) is 0 Å². The number of carbonyl (C=O) groups excluding carboxylic acids is 1. The second-order valence-electron chi connectivity index (χ2n) is 3.92. The maximum Gasteiger partial charge on any atom is 0.193 e. The van der Waals surface area contributed by atoms with Crippen molar-refractivity contribution in [2.45, 2.75) is 6.92 Å². The van der Waals surface area contributed by atoms with Crippen molar-refractivity contribution in [1.82, 2.24) is 0 Å². The number of carbonyl (C=O) groups is 1. The van der Waals surface area contributed by atoms with E-state index in [1.165, 1.54) is 0 Å². The highest BCUT2D eigenvalue weighted by Crippen LogP contribution is 2.25. The summed E-state index contributed by atoms with van der Waals surface area (Å²) in [6.07, 6.45) is 0. The van der Waals surface area contributed by atoms with Gasteiger partial charge in [0.05, 0.1) is 11.6 Å². The van der Waals surface area contributed by atoms with E-state index in [2.05, 4.69) is 15.9 Å². The lowest BCUT2D eigenvalue weighted by Gasteiger charge is -2.06. The molecule has 0 saturated carbocycles. The largest absolute Gasteiger partial charge is 0.494 e. The van der Waals surface area contributed by atoms with Gasteiger partial charge in [-0.05, 0) is 53.2 Å². The van der Waals surface area contributed by atoms with E-state index in [-0.39, 0.29) is 5.78 Å². The molecule has 19 heavy (non-hydrogen) atoms. The number of hydrogen-bond acceptors (Lipinski definition) is 2. The molecule has 0 aromatic heterocycles. The van der Waals surface area contributed by atoms with Gasteiger partial charge in [-0.1, -0.05) is 23.7 Å². The zero-order chi connectivity index (χ0) is 13.8. The molecule has 0 fully saturated rings. The number of halogens is 2. The summed E-state index contributed by atoms with van der Waals surface area (Å²) in [5.74, 6) is 0.639. The van der Waals surface area contributed by atoms with Crippen LogP contribution in [0.15, 0.2) is 46.9 Å². The molecule has 98 valence electrons. The molecule has 0 saturated heterocycles. The predicted octanol–water partition coefficient (Wildman–Crippen LogP) is 4.73. The molecule has 2 nitrogen and oxygen atoms in total. The van der Waals surface area contributed by atoms with Gasteiger partial charge in [0.1, 0.15) is 5.75 Å². The van der Waals surface area contributed by atoms with Crippen molar-refractivity contribution in [3.63, 3.8) is 0 Å². The van der Waals surface area contributed by atoms with Crippen LogP contribution in [0.5, 0.6) is 5.75 Å². The first-order chi connectivity index (χ1) is 9.11. The molecule has 0 unspecified atom stereocenters. The maximum atomic E-state index is 12.3. The number of hydrogen-bond donors (Lipinski definition) is 0. The summed E-state index contributed by atoms with van der Waals surface area (Å²) in [6, 6.07) is 12.3. The molecule has 0 radical (unpaired) electrons. The van der Waals surface area contributed by atoms with E-state index in [4.69, 9.17) is 16.3 Å². The van der Waals surface area contributed by atoms with Gasteiger partial charge in [-0.15, -0.1) is 0 Å². The Morgan fingerprint density at radius 1 is 1.21 bits per heavy atom. The first-order valence-corrected chi connectivity index (χ1v) is 7.01. The molecule has 0 aliphatic heterocycles. The quantitative estimate of drug-likeness (QED) is 0.753. The second-order valence-corrected chi connectivity index (χ2v) is 5.18. The summed E-state index contributed by atoms with van der Waals surface area (Å²) in [4.78, 5) is 12.3. The lowest BCUT2D eigenvalue weighted by molar-refractivity contribution is 0.103. The lowest BCUT2D eigenvalue weighted by Crippen LogP contribution is -2.02. The Balaban J connectivity index is 2.32. The first kappa shape index (κ1) is 14.1. The van der Waals surface area contributed by atoms with Crippen LogP contribution < -0.4 is 4.74 Å². The van der Waals surface area contributed by atoms with E-state index in [9.17, 15) is 4.79 Å². The Hall–Kier alpha value is -1.32. The number of ketones is 1. The van der Waals surface area contributed by atoms with Gasteiger partial charge in [0.25, 0.3) is 0 Å². The summed E-state index contributed by atoms with van der Waals surface area (Å²) < 4.78 is 6.10. The second kappa shape index (κ2) is 6.22. The summed E-state index contributed by atoms with van der Waals surface area (Å²) >= 11 is 9.24. The maximum absolute atomic E-state index is 12.3. The predicted molar refractivity (Wildman–Crippen MR) is 80.2 cm³/mol. The Kier molecular flexibility index (Phi) is 4.61. The lowest BCUT2D eigenvalue weighted by atomic mass is 10.0. The Bertz CT molecular complexity index is 611. The summed E-state index contributed by atoms with van der Waals surface area (Å²) in [6.45, 7) is 2.48. The standard InChI is InChI=1S/C15H12BrClO2/c1-2-19-12-5-3-4-10(8-12)15(18)11-6-7-14(17)13(16)9-11/h3-9H,2H2,1H3. The van der Waals surface area contributed by atoms with E-state index >= 15 is 0 Å². The van der Waals surface area contributed by atoms with E-state index in [0.29, 0.717) is 33.0 Å². The third kappa shape index (κ3) is 3.37. The van der Waals surface area contributed by atoms with Crippen molar-refractivity contribution in [2.75, 3.05) is 6.61 Å². The molecule has 2 rings (SSSR count). The Morgan fingerprint density at radius 3 is 2.63 bits per heavy atom. The van der Waals surface area contributed by atoms with Crippen LogP contribution in [0.3, 0.4) is 0 Å². The molecule has 0 N–H and O–H groups in total. The monoisotopic (exact) mass is 338 g/mol. The van der Waals surface area contributed by atoms with Gasteiger partial charge in [-0.2, -0.15) is 0 Å². The summed E-state index contributed by atoms with van der Waals surface area (Å²) in [5.41, 5.74) is 1.19. The van der Waals surface area contributed by atoms with Crippen molar-refractivity contribution < 1.29 is 9.53 Å². The molecule has 2 aromatic carbocycles. The zero-order valence-electron chi connectivity index (χ0n) is 10.3. The average molecular weight is 340 g/mol. The van der Waals surface area contributed by atoms with Gasteiger partial charge in [-0.25, -0.2) is 0 Å². The average Bonchev–Trinajstić information content (AvgIpc) is 2.42. The fraction of sp³-hybridized carbons (Fsp3) is 0.133. The van der Waals surface area contributed by atoms with Crippen LogP contribution in [-0.2, 0) is 0 Å². The number of ether oxygens (including phenoxy) is 1. The molecule has 0 aliphatic carbocycles. The van der Waals surface area contributed by atoms with E-state index in [1.54, 1.807) is 30.3 Å². The highest BCUT2D eigenvalue weighted by atomic mass is 79.9. The zero-order valence-corrected chi connectivity index (χ0v) is 12.7. The summed E-state index contributed by atoms with van der Waals surface area (Å²) in [7, 11) is 0. The molecule has 0 amide bonds. The fourth-order valence-electron chi connectivity index (χ4n) is 1.70. The smallest absolute Gasteiger partial charge is 0.193 e. The molecule has 0 spiro atoms. The minimum absolute atomic E-state index is 0.0566. The molecule has 4 heteroatoms. The third-order valence-electron chi connectivity index (χ3n) is 2.59. The first-order valence-electron chi connectivity index (χ1n) is 5.84. The fourth-order valence-corrected chi connectivity index (χ4v) is 2.19. The van der Waals surface area contributed by atoms with Gasteiger partial charge >= 0.3 is 0 Å². The van der Waals surface area contributed by atoms with Crippen LogP contribution in [0.4, 0.5) is 0 Å².